The summed E-state index contributed by atoms with van der Waals surface area (Å²) in [5, 5.41) is 32.0. The van der Waals surface area contributed by atoms with E-state index in [1.54, 1.807) is 18.2 Å². The van der Waals surface area contributed by atoms with E-state index in [4.69, 9.17) is 14.8 Å². The zero-order valence-corrected chi connectivity index (χ0v) is 28.1. The first-order chi connectivity index (χ1) is 20.7. The molecule has 6 rings (SSSR count). The van der Waals surface area contributed by atoms with Crippen molar-refractivity contribution in [2.75, 3.05) is 26.1 Å². The van der Waals surface area contributed by atoms with E-state index in [1.165, 1.54) is 20.6 Å². The first-order valence-electron chi connectivity index (χ1n) is 13.7. The van der Waals surface area contributed by atoms with Crippen LogP contribution >= 0.6 is 45.2 Å². The van der Waals surface area contributed by atoms with Crippen LogP contribution in [0.1, 0.15) is 64.6 Å². The number of ether oxygens (including phenoxy) is 2. The molecule has 1 aliphatic carbocycles. The molecule has 0 atom stereocenters. The Bertz CT molecular complexity index is 1580. The van der Waals surface area contributed by atoms with Crippen molar-refractivity contribution < 1.29 is 29.1 Å². The Hall–Kier alpha value is -2.96. The number of anilines is 1. The Morgan fingerprint density at radius 2 is 1.57 bits per heavy atom. The third kappa shape index (κ3) is 8.82. The number of hydrogen-bond acceptors (Lipinski definition) is 9. The Balaban J connectivity index is 0.000000191. The lowest BCUT2D eigenvalue weighted by Gasteiger charge is -2.16. The van der Waals surface area contributed by atoms with Gasteiger partial charge >= 0.3 is 19.1 Å². The Morgan fingerprint density at radius 3 is 2.20 bits per heavy atom. The summed E-state index contributed by atoms with van der Waals surface area (Å²) in [6.07, 6.45) is 6.18. The predicted molar refractivity (Wildman–Crippen MR) is 187 cm³/mol. The SMILES string of the molecule is C.COC(=O)c1n[nH]c2c1CCCC2.COC(=O)c1nn(-c2cccc(I)c2)c2c1NCCC2.OB(O)c1cccc(I)c1. The lowest BCUT2D eigenvalue weighted by atomic mass is 9.81. The maximum Gasteiger partial charge on any atom is 0.488 e. The van der Waals surface area contributed by atoms with Crippen molar-refractivity contribution in [3.05, 3.63) is 84.0 Å². The first kappa shape index (κ1) is 35.5. The number of nitrogens with zero attached hydrogens (tertiary/aromatic N) is 3. The zero-order valence-electron chi connectivity index (χ0n) is 23.8. The molecule has 0 saturated heterocycles. The lowest BCUT2D eigenvalue weighted by molar-refractivity contribution is 0.0584. The molecule has 0 radical (unpaired) electrons. The first-order valence-corrected chi connectivity index (χ1v) is 15.8. The highest BCUT2D eigenvalue weighted by Crippen LogP contribution is 2.29. The summed E-state index contributed by atoms with van der Waals surface area (Å²) in [5.41, 5.74) is 6.34. The van der Waals surface area contributed by atoms with Gasteiger partial charge in [-0.1, -0.05) is 25.6 Å². The highest BCUT2D eigenvalue weighted by Gasteiger charge is 2.26. The van der Waals surface area contributed by atoms with Crippen LogP contribution in [0.25, 0.3) is 5.69 Å². The van der Waals surface area contributed by atoms with Gasteiger partial charge in [0.1, 0.15) is 0 Å². The number of rotatable bonds is 4. The summed E-state index contributed by atoms with van der Waals surface area (Å²) in [5.74, 6) is -0.737. The lowest BCUT2D eigenvalue weighted by Crippen LogP contribution is -2.29. The summed E-state index contributed by atoms with van der Waals surface area (Å²) in [4.78, 5) is 23.1. The van der Waals surface area contributed by atoms with Crippen LogP contribution in [-0.2, 0) is 28.7 Å². The molecule has 0 bridgehead atoms. The summed E-state index contributed by atoms with van der Waals surface area (Å²) >= 11 is 4.38. The van der Waals surface area contributed by atoms with Crippen molar-refractivity contribution in [1.29, 1.82) is 0 Å². The van der Waals surface area contributed by atoms with Crippen LogP contribution in [0.5, 0.6) is 0 Å². The Kier molecular flexibility index (Phi) is 13.7. The van der Waals surface area contributed by atoms with Crippen LogP contribution in [0.4, 0.5) is 5.69 Å². The quantitative estimate of drug-likeness (QED) is 0.134. The standard InChI is InChI=1S/C14H14IN3O2.C9H12N2O2.C6H6BIO2.CH4/c1-20-14(19)13-12-11(6-3-7-16-12)18(17-13)10-5-2-4-9(15)8-10;1-13-9(12)8-6-4-2-3-5-7(6)10-11-8;8-6-3-1-2-5(4-6)7(9)10;/h2,4-5,8,16H,3,6-7H2,1H3;2-5H2,1H3,(H,10,11);1-4,9-10H;1H4. The number of aromatic amines is 1. The number of carbonyl (C=O) groups excluding carboxylic acids is 2. The highest BCUT2D eigenvalue weighted by atomic mass is 127. The molecule has 4 aromatic rings. The smallest absolute Gasteiger partial charge is 0.464 e. The van der Waals surface area contributed by atoms with Crippen molar-refractivity contribution >= 4 is 75.4 Å². The third-order valence-electron chi connectivity index (χ3n) is 6.89. The number of aryl methyl sites for hydroxylation is 1. The summed E-state index contributed by atoms with van der Waals surface area (Å²) < 4.78 is 13.4. The number of fused-ring (bicyclic) bond motifs is 2. The van der Waals surface area contributed by atoms with Crippen LogP contribution in [0.3, 0.4) is 0 Å². The topological polar surface area (TPSA) is 152 Å². The minimum absolute atomic E-state index is 0. The van der Waals surface area contributed by atoms with Gasteiger partial charge in [-0.05, 0) is 120 Å². The molecule has 0 saturated carbocycles. The van der Waals surface area contributed by atoms with Gasteiger partial charge in [-0.25, -0.2) is 14.3 Å². The van der Waals surface area contributed by atoms with Crippen LogP contribution < -0.4 is 10.8 Å². The van der Waals surface area contributed by atoms with Gasteiger partial charge in [0.25, 0.3) is 0 Å². The van der Waals surface area contributed by atoms with E-state index >= 15 is 0 Å². The zero-order chi connectivity index (χ0) is 30.9. The second-order valence-corrected chi connectivity index (χ2v) is 12.2. The number of halogens is 2. The summed E-state index contributed by atoms with van der Waals surface area (Å²) in [6, 6.07) is 15.1. The fraction of sp³-hybridized carbons (Fsp3) is 0.333. The van der Waals surface area contributed by atoms with Gasteiger partial charge in [-0.15, -0.1) is 0 Å². The van der Waals surface area contributed by atoms with E-state index in [1.807, 2.05) is 35.0 Å². The molecule has 2 aromatic carbocycles. The molecule has 2 aliphatic rings. The van der Waals surface area contributed by atoms with Gasteiger partial charge in [0, 0.05) is 24.9 Å². The number of aromatic nitrogens is 4. The molecule has 11 nitrogen and oxygen atoms in total. The van der Waals surface area contributed by atoms with E-state index in [2.05, 4.69) is 70.5 Å². The fourth-order valence-corrected chi connectivity index (χ4v) is 5.91. The van der Waals surface area contributed by atoms with Crippen LogP contribution in [0.2, 0.25) is 0 Å². The van der Waals surface area contributed by atoms with Crippen LogP contribution in [0.15, 0.2) is 48.5 Å². The molecule has 234 valence electrons. The molecule has 44 heavy (non-hydrogen) atoms. The molecule has 1 aliphatic heterocycles. The number of esters is 2. The summed E-state index contributed by atoms with van der Waals surface area (Å²) in [6.45, 7) is 0.856. The predicted octanol–water partition coefficient (Wildman–Crippen LogP) is 4.30. The van der Waals surface area contributed by atoms with E-state index in [0.717, 1.165) is 74.1 Å². The second kappa shape index (κ2) is 16.9. The normalized spacial score (nSPS) is 12.8. The van der Waals surface area contributed by atoms with E-state index < -0.39 is 13.1 Å². The molecule has 3 heterocycles. The maximum absolute atomic E-state index is 11.9. The van der Waals surface area contributed by atoms with Crippen molar-refractivity contribution in [2.24, 2.45) is 0 Å². The van der Waals surface area contributed by atoms with Crippen molar-refractivity contribution in [3.63, 3.8) is 0 Å². The minimum Gasteiger partial charge on any atom is -0.464 e. The van der Waals surface area contributed by atoms with Gasteiger partial charge in [-0.2, -0.15) is 10.2 Å². The van der Waals surface area contributed by atoms with E-state index in [0.29, 0.717) is 16.9 Å². The van der Waals surface area contributed by atoms with Gasteiger partial charge in [0.05, 0.1) is 31.3 Å². The number of nitrogens with one attached hydrogen (secondary N) is 2. The molecule has 4 N–H and O–H groups in total. The molecule has 2 aromatic heterocycles. The van der Waals surface area contributed by atoms with Crippen molar-refractivity contribution in [1.82, 2.24) is 20.0 Å². The second-order valence-electron chi connectivity index (χ2n) is 9.74. The van der Waals surface area contributed by atoms with Crippen LogP contribution in [0, 0.1) is 7.14 Å². The number of H-pyrrole nitrogens is 1. The molecular formula is C30H36BI2N5O6. The maximum atomic E-state index is 11.9. The van der Waals surface area contributed by atoms with E-state index in [-0.39, 0.29) is 13.4 Å². The number of methoxy groups -OCH3 is 2. The average Bonchev–Trinajstić information content (AvgIpc) is 3.63. The molecule has 0 fully saturated rings. The van der Waals surface area contributed by atoms with Gasteiger partial charge < -0.3 is 24.8 Å². The Labute approximate surface area is 284 Å². The highest BCUT2D eigenvalue weighted by molar-refractivity contribution is 14.1. The number of carbonyl (C=O) groups is 2. The molecule has 0 unspecified atom stereocenters. The molecule has 14 heteroatoms. The monoisotopic (exact) mass is 827 g/mol. The van der Waals surface area contributed by atoms with Crippen molar-refractivity contribution in [3.8, 4) is 5.69 Å². The number of hydrogen-bond donors (Lipinski definition) is 4. The Morgan fingerprint density at radius 1 is 0.909 bits per heavy atom. The number of benzene rings is 2. The minimum atomic E-state index is -1.35. The van der Waals surface area contributed by atoms with Gasteiger partial charge in [-0.3, -0.25) is 5.10 Å². The fourth-order valence-electron chi connectivity index (χ4n) is 4.81. The van der Waals surface area contributed by atoms with Gasteiger partial charge in [0.15, 0.2) is 11.4 Å². The largest absolute Gasteiger partial charge is 0.488 e. The van der Waals surface area contributed by atoms with Crippen molar-refractivity contribution in [2.45, 2.75) is 46.0 Å². The molecule has 0 spiro atoms. The van der Waals surface area contributed by atoms with Gasteiger partial charge in [0.2, 0.25) is 0 Å². The summed E-state index contributed by atoms with van der Waals surface area (Å²) in [7, 11) is 1.41. The molecule has 0 amide bonds. The average molecular weight is 827 g/mol. The van der Waals surface area contributed by atoms with E-state index in [9.17, 15) is 9.59 Å². The van der Waals surface area contributed by atoms with Crippen LogP contribution in [-0.4, -0.2) is 69.8 Å². The third-order valence-corrected chi connectivity index (χ3v) is 8.23. The molecular weight excluding hydrogens is 791 g/mol.